The molecule has 0 saturated heterocycles. The minimum Gasteiger partial charge on any atom is -0.385 e. The van der Waals surface area contributed by atoms with Crippen molar-refractivity contribution >= 4 is 27.0 Å². The molecular weight excluding hydrogens is 382 g/mol. The minimum absolute atomic E-state index is 0.106. The summed E-state index contributed by atoms with van der Waals surface area (Å²) >= 11 is 3.69. The Bertz CT molecular complexity index is 585. The quantitative estimate of drug-likeness (QED) is 0.433. The molecule has 0 aromatic heterocycles. The zero-order valence-electron chi connectivity index (χ0n) is 15.2. The maximum absolute atomic E-state index is 11.3. The van der Waals surface area contributed by atoms with Gasteiger partial charge in [0.15, 0.2) is 0 Å². The lowest BCUT2D eigenvalue weighted by atomic mass is 9.83. The molecule has 138 valence electrons. The van der Waals surface area contributed by atoms with Crippen LogP contribution in [-0.2, 0) is 9.53 Å². The van der Waals surface area contributed by atoms with E-state index in [1.54, 1.807) is 7.11 Å². The van der Waals surface area contributed by atoms with Crippen LogP contribution >= 0.6 is 15.9 Å². The van der Waals surface area contributed by atoms with Gasteiger partial charge in [0, 0.05) is 32.8 Å². The SMILES string of the molecule is COCCCCN1N=C(Br)C2(C)C=CC(CN(C=O)C3CC3)=CC[C@@H]12. The number of carbonyl (C=O) groups is 1. The van der Waals surface area contributed by atoms with Gasteiger partial charge in [0.05, 0.1) is 11.5 Å². The molecule has 3 rings (SSSR count). The highest BCUT2D eigenvalue weighted by molar-refractivity contribution is 9.18. The number of ether oxygens (including phenoxy) is 1. The van der Waals surface area contributed by atoms with Gasteiger partial charge in [-0.15, -0.1) is 0 Å². The number of nitrogens with zero attached hydrogens (tertiary/aromatic N) is 3. The van der Waals surface area contributed by atoms with Crippen molar-refractivity contribution in [2.45, 2.75) is 51.1 Å². The highest BCUT2D eigenvalue weighted by Gasteiger charge is 2.45. The van der Waals surface area contributed by atoms with Gasteiger partial charge in [-0.2, -0.15) is 5.10 Å². The first-order chi connectivity index (χ1) is 12.1. The van der Waals surface area contributed by atoms with Crippen molar-refractivity contribution in [3.63, 3.8) is 0 Å². The third-order valence-corrected chi connectivity index (χ3v) is 6.47. The van der Waals surface area contributed by atoms with Crippen molar-refractivity contribution in [1.82, 2.24) is 9.91 Å². The van der Waals surface area contributed by atoms with Crippen molar-refractivity contribution in [1.29, 1.82) is 0 Å². The molecule has 0 aromatic rings. The molecule has 0 aromatic carbocycles. The number of hydrogen-bond donors (Lipinski definition) is 0. The lowest BCUT2D eigenvalue weighted by Crippen LogP contribution is -2.39. The molecule has 25 heavy (non-hydrogen) atoms. The van der Waals surface area contributed by atoms with Gasteiger partial charge in [-0.1, -0.05) is 18.2 Å². The van der Waals surface area contributed by atoms with E-state index in [4.69, 9.17) is 9.84 Å². The Morgan fingerprint density at radius 2 is 2.28 bits per heavy atom. The number of fused-ring (bicyclic) bond motifs is 1. The summed E-state index contributed by atoms with van der Waals surface area (Å²) in [5.41, 5.74) is 1.12. The molecule has 1 aliphatic heterocycles. The largest absolute Gasteiger partial charge is 0.385 e. The van der Waals surface area contributed by atoms with Crippen molar-refractivity contribution in [3.05, 3.63) is 23.8 Å². The van der Waals surface area contributed by atoms with Crippen molar-refractivity contribution < 1.29 is 9.53 Å². The maximum Gasteiger partial charge on any atom is 0.210 e. The summed E-state index contributed by atoms with van der Waals surface area (Å²) < 4.78 is 6.14. The highest BCUT2D eigenvalue weighted by atomic mass is 79.9. The van der Waals surface area contributed by atoms with Crippen LogP contribution in [0.2, 0.25) is 0 Å². The number of hydrazone groups is 1. The fraction of sp³-hybridized carbons (Fsp3) is 0.684. The lowest BCUT2D eigenvalue weighted by molar-refractivity contribution is -0.118. The zero-order valence-corrected chi connectivity index (χ0v) is 16.7. The van der Waals surface area contributed by atoms with E-state index in [0.29, 0.717) is 12.1 Å². The minimum atomic E-state index is -0.106. The van der Waals surface area contributed by atoms with E-state index in [2.05, 4.69) is 46.1 Å². The Morgan fingerprint density at radius 3 is 2.96 bits per heavy atom. The average molecular weight is 410 g/mol. The fourth-order valence-electron chi connectivity index (χ4n) is 3.61. The molecule has 1 amide bonds. The van der Waals surface area contributed by atoms with Gasteiger partial charge >= 0.3 is 0 Å². The first-order valence-electron chi connectivity index (χ1n) is 9.18. The van der Waals surface area contributed by atoms with E-state index in [9.17, 15) is 4.79 Å². The van der Waals surface area contributed by atoms with Gasteiger partial charge in [0.2, 0.25) is 6.41 Å². The Hall–Kier alpha value is -1.14. The molecule has 2 aliphatic carbocycles. The molecule has 1 saturated carbocycles. The zero-order chi connectivity index (χ0) is 17.9. The van der Waals surface area contributed by atoms with Gasteiger partial charge in [0.25, 0.3) is 0 Å². The normalized spacial score (nSPS) is 28.3. The molecule has 6 heteroatoms. The van der Waals surface area contributed by atoms with E-state index in [-0.39, 0.29) is 5.41 Å². The summed E-state index contributed by atoms with van der Waals surface area (Å²) in [6.45, 7) is 4.70. The molecule has 0 bridgehead atoms. The molecule has 0 spiro atoms. The van der Waals surface area contributed by atoms with E-state index in [1.807, 2.05) is 4.90 Å². The second kappa shape index (κ2) is 8.04. The van der Waals surface area contributed by atoms with E-state index in [0.717, 1.165) is 62.8 Å². The number of unbranched alkanes of at least 4 members (excludes halogenated alkanes) is 1. The number of amides is 1. The molecule has 1 heterocycles. The molecule has 2 atom stereocenters. The molecular formula is C19H28BrN3O2. The first kappa shape index (κ1) is 18.6. The number of carbonyl (C=O) groups excluding carboxylic acids is 1. The van der Waals surface area contributed by atoms with E-state index < -0.39 is 0 Å². The summed E-state index contributed by atoms with van der Waals surface area (Å²) in [7, 11) is 1.74. The van der Waals surface area contributed by atoms with Gasteiger partial charge < -0.3 is 9.64 Å². The average Bonchev–Trinajstić information content (AvgIpc) is 3.42. The van der Waals surface area contributed by atoms with Crippen LogP contribution in [0.15, 0.2) is 28.9 Å². The smallest absolute Gasteiger partial charge is 0.210 e. The van der Waals surface area contributed by atoms with Crippen LogP contribution in [0.25, 0.3) is 0 Å². The van der Waals surface area contributed by atoms with Crippen LogP contribution in [0.4, 0.5) is 0 Å². The Balaban J connectivity index is 1.66. The van der Waals surface area contributed by atoms with Gasteiger partial charge in [-0.25, -0.2) is 0 Å². The second-order valence-corrected chi connectivity index (χ2v) is 8.16. The lowest BCUT2D eigenvalue weighted by Gasteiger charge is -2.31. The maximum atomic E-state index is 11.3. The number of hydrogen-bond acceptors (Lipinski definition) is 4. The van der Waals surface area contributed by atoms with Crippen LogP contribution in [0.5, 0.6) is 0 Å². The predicted molar refractivity (Wildman–Crippen MR) is 104 cm³/mol. The van der Waals surface area contributed by atoms with Crippen molar-refractivity contribution in [3.8, 4) is 0 Å². The molecule has 1 fully saturated rings. The summed E-state index contributed by atoms with van der Waals surface area (Å²) in [6, 6.07) is 0.777. The Morgan fingerprint density at radius 1 is 1.48 bits per heavy atom. The van der Waals surface area contributed by atoms with Crippen molar-refractivity contribution in [2.24, 2.45) is 10.5 Å². The summed E-state index contributed by atoms with van der Waals surface area (Å²) in [5, 5.41) is 6.99. The van der Waals surface area contributed by atoms with E-state index >= 15 is 0 Å². The second-order valence-electron chi connectivity index (χ2n) is 7.41. The van der Waals surface area contributed by atoms with Crippen molar-refractivity contribution in [2.75, 3.05) is 26.8 Å². The molecule has 0 radical (unpaired) electrons. The van der Waals surface area contributed by atoms with Crippen LogP contribution in [-0.4, -0.2) is 59.8 Å². The third kappa shape index (κ3) is 4.17. The number of halogens is 1. The number of rotatable bonds is 9. The van der Waals surface area contributed by atoms with Crippen LogP contribution in [0.3, 0.4) is 0 Å². The first-order valence-corrected chi connectivity index (χ1v) is 9.97. The van der Waals surface area contributed by atoms with Gasteiger partial charge in [-0.05, 0) is 60.5 Å². The fourth-order valence-corrected chi connectivity index (χ4v) is 4.21. The third-order valence-electron chi connectivity index (χ3n) is 5.46. The van der Waals surface area contributed by atoms with E-state index in [1.165, 1.54) is 5.57 Å². The van der Waals surface area contributed by atoms with Gasteiger partial charge in [-0.3, -0.25) is 9.80 Å². The molecule has 1 unspecified atom stereocenters. The summed E-state index contributed by atoms with van der Waals surface area (Å²) in [5.74, 6) is 0. The predicted octanol–water partition coefficient (Wildman–Crippen LogP) is 3.32. The van der Waals surface area contributed by atoms with Gasteiger partial charge in [0.1, 0.15) is 4.62 Å². The molecule has 0 N–H and O–H groups in total. The number of methoxy groups -OCH3 is 1. The Labute approximate surface area is 158 Å². The summed E-state index contributed by atoms with van der Waals surface area (Å²) in [6.07, 6.45) is 13.1. The summed E-state index contributed by atoms with van der Waals surface area (Å²) in [4.78, 5) is 13.2. The Kier molecular flexibility index (Phi) is 6.00. The molecule has 5 nitrogen and oxygen atoms in total. The highest BCUT2D eigenvalue weighted by Crippen LogP contribution is 2.42. The standard InChI is InChI=1S/C19H28BrN3O2/c1-19-10-9-15(13-22(14-24)16-6-7-16)5-8-17(19)23(21-18(19)20)11-3-4-12-25-2/h5,9-10,14,16-17H,3-4,6-8,11-13H2,1-2H3/t17-,19?/m1/s1. The van der Waals surface area contributed by atoms with Crippen LogP contribution in [0.1, 0.15) is 39.0 Å². The molecule has 3 aliphatic rings. The van der Waals surface area contributed by atoms with Crippen LogP contribution in [0, 0.1) is 5.41 Å². The topological polar surface area (TPSA) is 45.1 Å². The monoisotopic (exact) mass is 409 g/mol. The van der Waals surface area contributed by atoms with Crippen LogP contribution < -0.4 is 0 Å².